The first-order valence-electron chi connectivity index (χ1n) is 9.99. The van der Waals surface area contributed by atoms with Crippen molar-refractivity contribution in [1.29, 1.82) is 0 Å². The normalized spacial score (nSPS) is 43.4. The summed E-state index contributed by atoms with van der Waals surface area (Å²) in [6.07, 6.45) is 8.54. The minimum atomic E-state index is 0.0149. The average Bonchev–Trinajstić information content (AvgIpc) is 3.47. The van der Waals surface area contributed by atoms with Crippen molar-refractivity contribution >= 4 is 16.9 Å². The van der Waals surface area contributed by atoms with Crippen molar-refractivity contribution in [3.63, 3.8) is 0 Å². The lowest BCUT2D eigenvalue weighted by molar-refractivity contribution is -0.116. The molecular weight excluding hydrogens is 336 g/mol. The van der Waals surface area contributed by atoms with Crippen LogP contribution in [-0.4, -0.2) is 47.0 Å². The van der Waals surface area contributed by atoms with Gasteiger partial charge in [-0.2, -0.15) is 0 Å². The summed E-state index contributed by atoms with van der Waals surface area (Å²) in [5.74, 6) is 0.799. The first-order chi connectivity index (χ1) is 11.9. The maximum absolute atomic E-state index is 12.9. The Hall–Kier alpha value is -0.100. The predicted octanol–water partition coefficient (Wildman–Crippen LogP) is 3.96. The minimum Gasteiger partial charge on any atom is -0.375 e. The zero-order chi connectivity index (χ0) is 17.7. The summed E-state index contributed by atoms with van der Waals surface area (Å²) < 4.78 is 17.0. The summed E-state index contributed by atoms with van der Waals surface area (Å²) in [4.78, 5) is 12.9. The predicted molar refractivity (Wildman–Crippen MR) is 98.7 cm³/mol. The van der Waals surface area contributed by atoms with E-state index in [2.05, 4.69) is 20.8 Å². The van der Waals surface area contributed by atoms with Gasteiger partial charge in [-0.3, -0.25) is 4.79 Å². The highest BCUT2D eigenvalue weighted by atomic mass is 32.2. The summed E-state index contributed by atoms with van der Waals surface area (Å²) >= 11 is 1.61. The van der Waals surface area contributed by atoms with Crippen molar-refractivity contribution in [3.05, 3.63) is 0 Å². The molecule has 25 heavy (non-hydrogen) atoms. The Balaban J connectivity index is 1.22. The molecule has 0 aromatic carbocycles. The van der Waals surface area contributed by atoms with Crippen LogP contribution in [0.5, 0.6) is 0 Å². The molecule has 2 saturated carbocycles. The second kappa shape index (κ2) is 6.81. The van der Waals surface area contributed by atoms with Gasteiger partial charge in [-0.05, 0) is 71.6 Å². The summed E-state index contributed by atoms with van der Waals surface area (Å²) in [7, 11) is 0. The molecule has 0 N–H and O–H groups in total. The van der Waals surface area contributed by atoms with Crippen molar-refractivity contribution < 1.29 is 19.0 Å². The zero-order valence-electron chi connectivity index (χ0n) is 15.8. The quantitative estimate of drug-likeness (QED) is 0.664. The second-order valence-corrected chi connectivity index (χ2v) is 10.8. The Morgan fingerprint density at radius 3 is 2.60 bits per heavy atom. The number of carbonyl (C=O) groups is 1. The van der Waals surface area contributed by atoms with Crippen LogP contribution in [-0.2, 0) is 19.0 Å². The van der Waals surface area contributed by atoms with Gasteiger partial charge in [0.15, 0.2) is 5.12 Å². The lowest BCUT2D eigenvalue weighted by atomic mass is 9.77. The van der Waals surface area contributed by atoms with Gasteiger partial charge < -0.3 is 14.2 Å². The van der Waals surface area contributed by atoms with E-state index < -0.39 is 0 Å². The van der Waals surface area contributed by atoms with Gasteiger partial charge in [-0.15, -0.1) is 0 Å². The highest BCUT2D eigenvalue weighted by Crippen LogP contribution is 2.54. The Kier molecular flexibility index (Phi) is 4.98. The van der Waals surface area contributed by atoms with E-state index in [0.717, 1.165) is 51.7 Å². The first-order valence-corrected chi connectivity index (χ1v) is 10.8. The summed E-state index contributed by atoms with van der Waals surface area (Å²) in [6, 6.07) is 0. The second-order valence-electron chi connectivity index (χ2n) is 9.18. The Morgan fingerprint density at radius 1 is 1.24 bits per heavy atom. The number of fused-ring (bicyclic) bond motifs is 1. The molecule has 4 fully saturated rings. The Bertz CT molecular complexity index is 510. The van der Waals surface area contributed by atoms with E-state index in [1.807, 2.05) is 0 Å². The maximum atomic E-state index is 12.9. The molecule has 2 aliphatic carbocycles. The minimum absolute atomic E-state index is 0.0149. The summed E-state index contributed by atoms with van der Waals surface area (Å²) in [5, 5.41) is 0.402. The van der Waals surface area contributed by atoms with Crippen LogP contribution in [0, 0.1) is 11.8 Å². The van der Waals surface area contributed by atoms with Crippen molar-refractivity contribution in [2.45, 2.75) is 94.4 Å². The molecule has 4 aliphatic rings. The van der Waals surface area contributed by atoms with Gasteiger partial charge in [0, 0.05) is 10.7 Å². The fourth-order valence-corrected chi connectivity index (χ4v) is 5.88. The molecule has 0 spiro atoms. The molecule has 4 unspecified atom stereocenters. The molecule has 2 saturated heterocycles. The highest BCUT2D eigenvalue weighted by molar-refractivity contribution is 8.14. The molecule has 142 valence electrons. The fourth-order valence-electron chi connectivity index (χ4n) is 4.58. The van der Waals surface area contributed by atoms with Gasteiger partial charge in [0.1, 0.15) is 6.10 Å². The third-order valence-electron chi connectivity index (χ3n) is 6.80. The van der Waals surface area contributed by atoms with Crippen molar-refractivity contribution in [1.82, 2.24) is 0 Å². The molecule has 5 heteroatoms. The average molecular weight is 369 g/mol. The monoisotopic (exact) mass is 368 g/mol. The SMILES string of the molecule is CC12CCC(C(C)(C)SC(=O)C3CCC(OCC4CO4)CC3)CC1O2. The van der Waals surface area contributed by atoms with Crippen LogP contribution >= 0.6 is 11.8 Å². The van der Waals surface area contributed by atoms with Crippen LogP contribution in [0.15, 0.2) is 0 Å². The molecular formula is C20H32O4S. The van der Waals surface area contributed by atoms with Crippen LogP contribution in [0.3, 0.4) is 0 Å². The van der Waals surface area contributed by atoms with Crippen molar-refractivity contribution in [3.8, 4) is 0 Å². The van der Waals surface area contributed by atoms with Crippen LogP contribution in [0.2, 0.25) is 0 Å². The van der Waals surface area contributed by atoms with Crippen LogP contribution in [0.4, 0.5) is 0 Å². The van der Waals surface area contributed by atoms with Gasteiger partial charge in [-0.25, -0.2) is 0 Å². The third kappa shape index (κ3) is 4.26. The van der Waals surface area contributed by atoms with Crippen molar-refractivity contribution in [2.75, 3.05) is 13.2 Å². The smallest absolute Gasteiger partial charge is 0.192 e. The van der Waals surface area contributed by atoms with E-state index in [0.29, 0.717) is 29.3 Å². The number of hydrogen-bond acceptors (Lipinski definition) is 5. The van der Waals surface area contributed by atoms with E-state index in [4.69, 9.17) is 14.2 Å². The van der Waals surface area contributed by atoms with E-state index in [-0.39, 0.29) is 16.3 Å². The molecule has 2 aliphatic heterocycles. The van der Waals surface area contributed by atoms with Gasteiger partial charge >= 0.3 is 0 Å². The van der Waals surface area contributed by atoms with Gasteiger partial charge in [-0.1, -0.05) is 11.8 Å². The van der Waals surface area contributed by atoms with Gasteiger partial charge in [0.05, 0.1) is 31.0 Å². The van der Waals surface area contributed by atoms with Gasteiger partial charge in [0.25, 0.3) is 0 Å². The number of rotatable bonds is 6. The third-order valence-corrected chi connectivity index (χ3v) is 8.19. The molecule has 2 heterocycles. The fraction of sp³-hybridized carbons (Fsp3) is 0.950. The van der Waals surface area contributed by atoms with E-state index in [1.54, 1.807) is 11.8 Å². The molecule has 0 radical (unpaired) electrons. The highest BCUT2D eigenvalue weighted by Gasteiger charge is 2.57. The van der Waals surface area contributed by atoms with E-state index in [9.17, 15) is 4.79 Å². The molecule has 0 aromatic heterocycles. The van der Waals surface area contributed by atoms with Crippen molar-refractivity contribution in [2.24, 2.45) is 11.8 Å². The number of carbonyl (C=O) groups excluding carboxylic acids is 1. The zero-order valence-corrected chi connectivity index (χ0v) is 16.6. The summed E-state index contributed by atoms with van der Waals surface area (Å²) in [5.41, 5.74) is 0.158. The Morgan fingerprint density at radius 2 is 1.96 bits per heavy atom. The number of thioether (sulfide) groups is 1. The van der Waals surface area contributed by atoms with Crippen LogP contribution in [0.25, 0.3) is 0 Å². The maximum Gasteiger partial charge on any atom is 0.192 e. The molecule has 4 nitrogen and oxygen atoms in total. The number of ether oxygens (including phenoxy) is 3. The number of epoxide rings is 2. The molecule has 0 aromatic rings. The largest absolute Gasteiger partial charge is 0.375 e. The molecule has 4 rings (SSSR count). The summed E-state index contributed by atoms with van der Waals surface area (Å²) in [6.45, 7) is 8.33. The first kappa shape index (κ1) is 18.3. The molecule has 4 atom stereocenters. The lowest BCUT2D eigenvalue weighted by Gasteiger charge is -2.37. The molecule has 0 bridgehead atoms. The standard InChI is InChI=1S/C20H32O4S/c1-19(2,14-8-9-20(3)17(10-14)24-20)25-18(21)13-4-6-15(7-5-13)22-11-16-12-23-16/h13-17H,4-12H2,1-3H3. The number of hydrogen-bond donors (Lipinski definition) is 0. The Labute approximate surface area is 155 Å². The van der Waals surface area contributed by atoms with E-state index >= 15 is 0 Å². The van der Waals surface area contributed by atoms with E-state index in [1.165, 1.54) is 6.42 Å². The van der Waals surface area contributed by atoms with Gasteiger partial charge in [0.2, 0.25) is 0 Å². The van der Waals surface area contributed by atoms with Crippen LogP contribution in [0.1, 0.15) is 65.7 Å². The topological polar surface area (TPSA) is 51.4 Å². The molecule has 0 amide bonds. The lowest BCUT2D eigenvalue weighted by Crippen LogP contribution is -2.36. The van der Waals surface area contributed by atoms with Crippen LogP contribution < -0.4 is 0 Å².